The molecule has 0 radical (unpaired) electrons. The molecule has 4 heteroatoms. The third-order valence-corrected chi connectivity index (χ3v) is 3.08. The molecule has 4 nitrogen and oxygen atoms in total. The topological polar surface area (TPSA) is 46.0 Å². The number of nitrogens with one attached hydrogen (secondary N) is 1. The molecule has 0 unspecified atom stereocenters. The van der Waals surface area contributed by atoms with Crippen molar-refractivity contribution in [3.63, 3.8) is 0 Å². The van der Waals surface area contributed by atoms with E-state index in [4.69, 9.17) is 0 Å². The maximum absolute atomic E-state index is 4.61. The Balaban J connectivity index is 2.21. The highest BCUT2D eigenvalue weighted by atomic mass is 15.0. The summed E-state index contributed by atoms with van der Waals surface area (Å²) in [7, 11) is 0. The van der Waals surface area contributed by atoms with Gasteiger partial charge in [0.25, 0.3) is 0 Å². The molecule has 1 N–H and O–H groups in total. The van der Waals surface area contributed by atoms with Crippen LogP contribution < -0.4 is 0 Å². The van der Waals surface area contributed by atoms with Gasteiger partial charge in [-0.25, -0.2) is 9.97 Å². The zero-order chi connectivity index (χ0) is 11.9. The first-order valence-corrected chi connectivity index (χ1v) is 5.79. The highest BCUT2D eigenvalue weighted by Crippen LogP contribution is 2.26. The monoisotopic (exact) mass is 234 g/mol. The summed E-state index contributed by atoms with van der Waals surface area (Å²) in [6.07, 6.45) is 5.62. The van der Waals surface area contributed by atoms with Gasteiger partial charge in [-0.15, -0.1) is 0 Å². The lowest BCUT2D eigenvalue weighted by atomic mass is 10.1. The third kappa shape index (κ3) is 1.20. The predicted molar refractivity (Wildman–Crippen MR) is 70.3 cm³/mol. The number of imidazole rings is 2. The van der Waals surface area contributed by atoms with Crippen LogP contribution in [0.15, 0.2) is 55.0 Å². The highest BCUT2D eigenvalue weighted by molar-refractivity contribution is 5.92. The minimum atomic E-state index is 0.867. The first kappa shape index (κ1) is 9.41. The van der Waals surface area contributed by atoms with E-state index in [-0.39, 0.29) is 0 Å². The van der Waals surface area contributed by atoms with Crippen molar-refractivity contribution in [2.45, 2.75) is 0 Å². The van der Waals surface area contributed by atoms with Gasteiger partial charge in [0.05, 0.1) is 11.0 Å². The lowest BCUT2D eigenvalue weighted by Gasteiger charge is -2.01. The van der Waals surface area contributed by atoms with E-state index in [1.165, 1.54) is 0 Å². The molecule has 18 heavy (non-hydrogen) atoms. The molecular formula is C14H10N4. The number of hydrogen-bond acceptors (Lipinski definition) is 2. The predicted octanol–water partition coefficient (Wildman–Crippen LogP) is 2.88. The van der Waals surface area contributed by atoms with Crippen LogP contribution in [0.3, 0.4) is 0 Å². The van der Waals surface area contributed by atoms with Gasteiger partial charge in [0.2, 0.25) is 0 Å². The molecule has 3 heterocycles. The van der Waals surface area contributed by atoms with Crippen LogP contribution in [-0.4, -0.2) is 19.4 Å². The molecule has 0 bridgehead atoms. The molecule has 0 saturated heterocycles. The molecule has 0 saturated carbocycles. The van der Waals surface area contributed by atoms with Gasteiger partial charge in [-0.2, -0.15) is 0 Å². The van der Waals surface area contributed by atoms with E-state index >= 15 is 0 Å². The van der Waals surface area contributed by atoms with E-state index in [0.29, 0.717) is 0 Å². The van der Waals surface area contributed by atoms with Gasteiger partial charge in [-0.3, -0.25) is 4.40 Å². The lowest BCUT2D eigenvalue weighted by Crippen LogP contribution is -1.87. The quantitative estimate of drug-likeness (QED) is 0.550. The second-order valence-electron chi connectivity index (χ2n) is 4.15. The largest absolute Gasteiger partial charge is 0.345 e. The fourth-order valence-electron chi connectivity index (χ4n) is 2.32. The normalized spacial score (nSPS) is 11.3. The fraction of sp³-hybridized carbons (Fsp3) is 0. The molecule has 0 aliphatic rings. The van der Waals surface area contributed by atoms with Crippen LogP contribution in [0.5, 0.6) is 0 Å². The minimum absolute atomic E-state index is 0.867. The molecular weight excluding hydrogens is 224 g/mol. The average molecular weight is 234 g/mol. The van der Waals surface area contributed by atoms with Crippen LogP contribution in [0, 0.1) is 0 Å². The number of H-pyrrole nitrogens is 1. The van der Waals surface area contributed by atoms with Crippen molar-refractivity contribution in [2.75, 3.05) is 0 Å². The Hall–Kier alpha value is -2.62. The van der Waals surface area contributed by atoms with Gasteiger partial charge < -0.3 is 4.98 Å². The summed E-state index contributed by atoms with van der Waals surface area (Å²) >= 11 is 0. The summed E-state index contributed by atoms with van der Waals surface area (Å²) in [5.41, 5.74) is 4.08. The average Bonchev–Trinajstić information content (AvgIpc) is 3.05. The first-order chi connectivity index (χ1) is 8.93. The number of para-hydroxylation sites is 1. The maximum Gasteiger partial charge on any atom is 0.139 e. The summed E-state index contributed by atoms with van der Waals surface area (Å²) in [5.74, 6) is 0.867. The third-order valence-electron chi connectivity index (χ3n) is 3.08. The summed E-state index contributed by atoms with van der Waals surface area (Å²) in [4.78, 5) is 12.1. The number of nitrogens with zero attached hydrogens (tertiary/aromatic N) is 3. The van der Waals surface area contributed by atoms with E-state index in [0.717, 1.165) is 28.1 Å². The molecule has 0 aliphatic carbocycles. The van der Waals surface area contributed by atoms with E-state index in [2.05, 4.69) is 25.4 Å². The summed E-state index contributed by atoms with van der Waals surface area (Å²) in [6.45, 7) is 0. The van der Waals surface area contributed by atoms with E-state index in [1.54, 1.807) is 6.20 Å². The number of rotatable bonds is 1. The summed E-state index contributed by atoms with van der Waals surface area (Å²) in [6, 6.07) is 12.1. The SMILES string of the molecule is c1cc(-c2ncc[nH]2)c2c(c1)nc1ccccn12. The van der Waals surface area contributed by atoms with Crippen molar-refractivity contribution in [1.82, 2.24) is 19.4 Å². The molecule has 0 atom stereocenters. The fourth-order valence-corrected chi connectivity index (χ4v) is 2.32. The Kier molecular flexibility index (Phi) is 1.80. The Morgan fingerprint density at radius 2 is 2.06 bits per heavy atom. The van der Waals surface area contributed by atoms with Crippen molar-refractivity contribution in [3.05, 3.63) is 55.0 Å². The number of aromatic nitrogens is 4. The standard InChI is InChI=1S/C14H10N4/c1-2-9-18-12(6-1)17-11-5-3-4-10(13(11)18)14-15-7-8-16-14/h1-9H,(H,15,16). The number of pyridine rings is 1. The summed E-state index contributed by atoms with van der Waals surface area (Å²) in [5, 5.41) is 0. The number of hydrogen-bond donors (Lipinski definition) is 1. The van der Waals surface area contributed by atoms with Crippen LogP contribution in [0.1, 0.15) is 0 Å². The van der Waals surface area contributed by atoms with Crippen molar-refractivity contribution < 1.29 is 0 Å². The van der Waals surface area contributed by atoms with Crippen LogP contribution in [0.4, 0.5) is 0 Å². The first-order valence-electron chi connectivity index (χ1n) is 5.79. The minimum Gasteiger partial charge on any atom is -0.345 e. The molecule has 86 valence electrons. The molecule has 1 aromatic carbocycles. The van der Waals surface area contributed by atoms with Crippen LogP contribution in [-0.2, 0) is 0 Å². The van der Waals surface area contributed by atoms with Crippen molar-refractivity contribution in [2.24, 2.45) is 0 Å². The second-order valence-corrected chi connectivity index (χ2v) is 4.15. The smallest absolute Gasteiger partial charge is 0.139 e. The summed E-state index contributed by atoms with van der Waals surface area (Å²) < 4.78 is 2.09. The van der Waals surface area contributed by atoms with Crippen molar-refractivity contribution >= 4 is 16.7 Å². The zero-order valence-electron chi connectivity index (χ0n) is 9.54. The Morgan fingerprint density at radius 1 is 1.06 bits per heavy atom. The molecule has 3 aromatic heterocycles. The van der Waals surface area contributed by atoms with Gasteiger partial charge in [-0.1, -0.05) is 12.1 Å². The van der Waals surface area contributed by atoms with Gasteiger partial charge in [0.1, 0.15) is 11.5 Å². The zero-order valence-corrected chi connectivity index (χ0v) is 9.54. The molecule has 0 aliphatic heterocycles. The Labute approximate surface area is 103 Å². The van der Waals surface area contributed by atoms with Crippen molar-refractivity contribution in [3.8, 4) is 11.4 Å². The van der Waals surface area contributed by atoms with Crippen LogP contribution >= 0.6 is 0 Å². The van der Waals surface area contributed by atoms with E-state index < -0.39 is 0 Å². The molecule has 4 rings (SSSR count). The van der Waals surface area contributed by atoms with Gasteiger partial charge in [-0.05, 0) is 24.3 Å². The Bertz CT molecular complexity index is 827. The van der Waals surface area contributed by atoms with Crippen molar-refractivity contribution in [1.29, 1.82) is 0 Å². The van der Waals surface area contributed by atoms with Gasteiger partial charge in [0.15, 0.2) is 0 Å². The second kappa shape index (κ2) is 3.43. The lowest BCUT2D eigenvalue weighted by molar-refractivity contribution is 1.22. The van der Waals surface area contributed by atoms with E-state index in [1.807, 2.05) is 42.7 Å². The van der Waals surface area contributed by atoms with Gasteiger partial charge in [0, 0.05) is 24.2 Å². The van der Waals surface area contributed by atoms with Crippen LogP contribution in [0.2, 0.25) is 0 Å². The van der Waals surface area contributed by atoms with Crippen LogP contribution in [0.25, 0.3) is 28.1 Å². The molecule has 0 spiro atoms. The maximum atomic E-state index is 4.61. The highest BCUT2D eigenvalue weighted by Gasteiger charge is 2.10. The molecule has 0 amide bonds. The Morgan fingerprint density at radius 3 is 2.94 bits per heavy atom. The molecule has 0 fully saturated rings. The van der Waals surface area contributed by atoms with E-state index in [9.17, 15) is 0 Å². The number of aromatic amines is 1. The number of fused-ring (bicyclic) bond motifs is 3. The number of benzene rings is 1. The molecule has 4 aromatic rings. The van der Waals surface area contributed by atoms with Gasteiger partial charge >= 0.3 is 0 Å².